The van der Waals surface area contributed by atoms with Crippen molar-refractivity contribution >= 4 is 28.4 Å². The number of carbonyl (C=O) groups excluding carboxylic acids is 1. The lowest BCUT2D eigenvalue weighted by atomic mass is 10.0. The summed E-state index contributed by atoms with van der Waals surface area (Å²) in [6.07, 6.45) is 0.849. The van der Waals surface area contributed by atoms with Gasteiger partial charge in [-0.1, -0.05) is 11.6 Å². The van der Waals surface area contributed by atoms with Crippen molar-refractivity contribution in [2.75, 3.05) is 20.7 Å². The van der Waals surface area contributed by atoms with E-state index in [0.29, 0.717) is 10.6 Å². The van der Waals surface area contributed by atoms with E-state index < -0.39 is 0 Å². The molecule has 0 bridgehead atoms. The van der Waals surface area contributed by atoms with E-state index in [-0.39, 0.29) is 5.91 Å². The quantitative estimate of drug-likeness (QED) is 0.698. The summed E-state index contributed by atoms with van der Waals surface area (Å²) in [5, 5.41) is 1.71. The highest BCUT2D eigenvalue weighted by Crippen LogP contribution is 2.33. The Morgan fingerprint density at radius 2 is 1.92 bits per heavy atom. The molecule has 3 aromatic rings. The molecule has 1 aliphatic rings. The third kappa shape index (κ3) is 2.71. The Balaban J connectivity index is 1.94. The van der Waals surface area contributed by atoms with Crippen molar-refractivity contribution in [2.24, 2.45) is 0 Å². The highest BCUT2D eigenvalue weighted by atomic mass is 35.5. The third-order valence-corrected chi connectivity index (χ3v) is 5.09. The van der Waals surface area contributed by atoms with Crippen molar-refractivity contribution in [3.05, 3.63) is 64.3 Å². The molecule has 4 nitrogen and oxygen atoms in total. The van der Waals surface area contributed by atoms with Crippen LogP contribution >= 0.6 is 11.6 Å². The van der Waals surface area contributed by atoms with Crippen molar-refractivity contribution in [2.45, 2.75) is 13.0 Å². The number of aromatic nitrogens is 1. The van der Waals surface area contributed by atoms with Gasteiger partial charge < -0.3 is 9.64 Å². The fourth-order valence-corrected chi connectivity index (χ4v) is 3.68. The molecule has 0 unspecified atom stereocenters. The number of methoxy groups -OCH3 is 1. The van der Waals surface area contributed by atoms with Gasteiger partial charge in [-0.05, 0) is 55.1 Å². The number of hydrogen-bond acceptors (Lipinski definition) is 3. The fourth-order valence-electron chi connectivity index (χ4n) is 3.55. The van der Waals surface area contributed by atoms with E-state index in [1.807, 2.05) is 22.8 Å². The molecular formula is C20H19ClN2O2. The van der Waals surface area contributed by atoms with Crippen LogP contribution < -0.4 is 4.74 Å². The standard InChI is InChI=1S/C20H19ClN2O2/c1-22-10-9-19-17(12-22)16-11-15(25-2)7-8-18(16)23(19)20(24)13-3-5-14(21)6-4-13/h3-8,11H,9-10,12H2,1-2H3. The van der Waals surface area contributed by atoms with Gasteiger partial charge in [0.2, 0.25) is 0 Å². The van der Waals surface area contributed by atoms with Crippen molar-refractivity contribution in [3.8, 4) is 5.75 Å². The topological polar surface area (TPSA) is 34.5 Å². The maximum Gasteiger partial charge on any atom is 0.262 e. The summed E-state index contributed by atoms with van der Waals surface area (Å²) in [5.74, 6) is 0.789. The first kappa shape index (κ1) is 16.2. The Kier molecular flexibility index (Phi) is 4.02. The molecular weight excluding hydrogens is 336 g/mol. The summed E-state index contributed by atoms with van der Waals surface area (Å²) < 4.78 is 7.25. The molecule has 1 aromatic heterocycles. The minimum atomic E-state index is -0.0161. The molecule has 0 aliphatic carbocycles. The number of nitrogens with zero attached hydrogens (tertiary/aromatic N) is 2. The lowest BCUT2D eigenvalue weighted by molar-refractivity contribution is 0.0960. The lowest BCUT2D eigenvalue weighted by Crippen LogP contribution is -2.28. The summed E-state index contributed by atoms with van der Waals surface area (Å²) in [6.45, 7) is 1.77. The van der Waals surface area contributed by atoms with Crippen LogP contribution in [-0.4, -0.2) is 36.1 Å². The molecule has 0 amide bonds. The van der Waals surface area contributed by atoms with Gasteiger partial charge in [-0.25, -0.2) is 0 Å². The van der Waals surface area contributed by atoms with E-state index in [9.17, 15) is 4.79 Å². The molecule has 2 aromatic carbocycles. The zero-order valence-corrected chi connectivity index (χ0v) is 15.0. The molecule has 2 heterocycles. The van der Waals surface area contributed by atoms with Gasteiger partial charge in [-0.3, -0.25) is 9.36 Å². The average molecular weight is 355 g/mol. The Morgan fingerprint density at radius 1 is 1.16 bits per heavy atom. The Labute approximate surface area is 151 Å². The number of carbonyl (C=O) groups is 1. The predicted molar refractivity (Wildman–Crippen MR) is 99.7 cm³/mol. The maximum atomic E-state index is 13.2. The van der Waals surface area contributed by atoms with E-state index >= 15 is 0 Å². The molecule has 128 valence electrons. The second-order valence-electron chi connectivity index (χ2n) is 6.44. The third-order valence-electron chi connectivity index (χ3n) is 4.84. The van der Waals surface area contributed by atoms with Crippen LogP contribution in [0, 0.1) is 0 Å². The number of ether oxygens (including phenoxy) is 1. The van der Waals surface area contributed by atoms with Crippen LogP contribution in [0.1, 0.15) is 21.6 Å². The minimum absolute atomic E-state index is 0.0161. The first-order valence-corrected chi connectivity index (χ1v) is 8.65. The minimum Gasteiger partial charge on any atom is -0.497 e. The Morgan fingerprint density at radius 3 is 2.64 bits per heavy atom. The summed E-state index contributed by atoms with van der Waals surface area (Å²) in [5.41, 5.74) is 3.88. The number of fused-ring (bicyclic) bond motifs is 3. The number of rotatable bonds is 2. The predicted octanol–water partition coefficient (Wildman–Crippen LogP) is 3.98. The van der Waals surface area contributed by atoms with Gasteiger partial charge in [0.05, 0.1) is 12.6 Å². The summed E-state index contributed by atoms with van der Waals surface area (Å²) >= 11 is 5.96. The SMILES string of the molecule is COc1ccc2c(c1)c1c(n2C(=O)c2ccc(Cl)cc2)CCN(C)C1. The van der Waals surface area contributed by atoms with Gasteiger partial charge in [0, 0.05) is 41.2 Å². The molecule has 1 aliphatic heterocycles. The van der Waals surface area contributed by atoms with Crippen LogP contribution in [0.25, 0.3) is 10.9 Å². The van der Waals surface area contributed by atoms with Crippen LogP contribution in [-0.2, 0) is 13.0 Å². The largest absolute Gasteiger partial charge is 0.497 e. The van der Waals surface area contributed by atoms with Crippen molar-refractivity contribution in [1.29, 1.82) is 0 Å². The Hall–Kier alpha value is -2.30. The maximum absolute atomic E-state index is 13.2. The zero-order chi connectivity index (χ0) is 17.6. The molecule has 25 heavy (non-hydrogen) atoms. The highest BCUT2D eigenvalue weighted by molar-refractivity contribution is 6.30. The number of likely N-dealkylation sites (N-methyl/N-ethyl adjacent to an activating group) is 1. The molecule has 0 saturated heterocycles. The van der Waals surface area contributed by atoms with E-state index in [0.717, 1.165) is 41.9 Å². The van der Waals surface area contributed by atoms with Gasteiger partial charge in [0.15, 0.2) is 0 Å². The van der Waals surface area contributed by atoms with E-state index in [1.165, 1.54) is 5.56 Å². The molecule has 0 fully saturated rings. The molecule has 0 N–H and O–H groups in total. The molecule has 0 atom stereocenters. The molecule has 0 saturated carbocycles. The first-order valence-electron chi connectivity index (χ1n) is 8.27. The highest BCUT2D eigenvalue weighted by Gasteiger charge is 2.26. The number of halogens is 1. The average Bonchev–Trinajstić information content (AvgIpc) is 2.94. The van der Waals surface area contributed by atoms with Crippen molar-refractivity contribution < 1.29 is 9.53 Å². The molecule has 0 radical (unpaired) electrons. The lowest BCUT2D eigenvalue weighted by Gasteiger charge is -2.23. The van der Waals surface area contributed by atoms with Crippen LogP contribution in [0.5, 0.6) is 5.75 Å². The monoisotopic (exact) mass is 354 g/mol. The van der Waals surface area contributed by atoms with Crippen LogP contribution in [0.4, 0.5) is 0 Å². The Bertz CT molecular complexity index is 960. The van der Waals surface area contributed by atoms with Crippen molar-refractivity contribution in [1.82, 2.24) is 9.47 Å². The second-order valence-corrected chi connectivity index (χ2v) is 6.88. The van der Waals surface area contributed by atoms with Gasteiger partial charge in [0.25, 0.3) is 5.91 Å². The number of hydrogen-bond donors (Lipinski definition) is 0. The van der Waals surface area contributed by atoms with E-state index in [4.69, 9.17) is 16.3 Å². The summed E-state index contributed by atoms with van der Waals surface area (Å²) in [4.78, 5) is 15.5. The van der Waals surface area contributed by atoms with E-state index in [2.05, 4.69) is 11.9 Å². The zero-order valence-electron chi connectivity index (χ0n) is 14.3. The van der Waals surface area contributed by atoms with Crippen LogP contribution in [0.3, 0.4) is 0 Å². The van der Waals surface area contributed by atoms with Crippen LogP contribution in [0.15, 0.2) is 42.5 Å². The second kappa shape index (κ2) is 6.21. The van der Waals surface area contributed by atoms with Gasteiger partial charge in [-0.15, -0.1) is 0 Å². The smallest absolute Gasteiger partial charge is 0.262 e. The van der Waals surface area contributed by atoms with Crippen LogP contribution in [0.2, 0.25) is 5.02 Å². The molecule has 5 heteroatoms. The van der Waals surface area contributed by atoms with Gasteiger partial charge >= 0.3 is 0 Å². The summed E-state index contributed by atoms with van der Waals surface area (Å²) in [6, 6.07) is 13.0. The molecule has 4 rings (SSSR count). The van der Waals surface area contributed by atoms with Crippen molar-refractivity contribution in [3.63, 3.8) is 0 Å². The first-order chi connectivity index (χ1) is 12.1. The molecule has 0 spiro atoms. The van der Waals surface area contributed by atoms with Gasteiger partial charge in [0.1, 0.15) is 5.75 Å². The van der Waals surface area contributed by atoms with E-state index in [1.54, 1.807) is 31.4 Å². The summed E-state index contributed by atoms with van der Waals surface area (Å²) in [7, 11) is 3.77. The number of benzene rings is 2. The normalized spacial score (nSPS) is 14.5. The van der Waals surface area contributed by atoms with Gasteiger partial charge in [-0.2, -0.15) is 0 Å². The fraction of sp³-hybridized carbons (Fsp3) is 0.250.